The fourth-order valence-corrected chi connectivity index (χ4v) is 10.3. The fraction of sp³-hybridized carbons (Fsp3) is 0.516. The number of imidazole rings is 1. The second kappa shape index (κ2) is 34.9. The number of amides is 9. The number of rotatable bonds is 28. The molecule has 12 N–H and O–H groups in total. The maximum Gasteiger partial charge on any atom is 0.308 e. The first-order chi connectivity index (χ1) is 42.3. The quantitative estimate of drug-likeness (QED) is 0.0168. The minimum atomic E-state index is -1.16. The summed E-state index contributed by atoms with van der Waals surface area (Å²) in [5, 5.41) is 25.5. The molecule has 6 rings (SSSR count). The van der Waals surface area contributed by atoms with Crippen molar-refractivity contribution >= 4 is 81.8 Å². The molecule has 26 nitrogen and oxygen atoms in total. The van der Waals surface area contributed by atoms with Crippen molar-refractivity contribution in [3.05, 3.63) is 95.3 Å². The molecule has 2 aliphatic heterocycles. The van der Waals surface area contributed by atoms with Crippen LogP contribution in [0.4, 0.5) is 5.69 Å². The number of nitrogens with zero attached hydrogens (tertiary/aromatic N) is 4. The Morgan fingerprint density at radius 1 is 0.750 bits per heavy atom. The predicted octanol–water partition coefficient (Wildman–Crippen LogP) is 1.94. The lowest BCUT2D eigenvalue weighted by molar-refractivity contribution is -0.144. The molecule has 6 atom stereocenters. The molecule has 0 aliphatic carbocycles. The summed E-state index contributed by atoms with van der Waals surface area (Å²) in [5.41, 5.74) is 10.0. The Hall–Kier alpha value is -9.10. The number of benzene rings is 3. The summed E-state index contributed by atoms with van der Waals surface area (Å²) in [6, 6.07) is 16.6. The molecule has 26 heteroatoms. The number of H-pyrrole nitrogens is 1. The van der Waals surface area contributed by atoms with Crippen LogP contribution in [0.5, 0.6) is 0 Å². The number of unbranched alkanes of at least 4 members (excludes halogenated alkanes) is 4. The van der Waals surface area contributed by atoms with Crippen LogP contribution in [0.2, 0.25) is 0 Å². The van der Waals surface area contributed by atoms with Crippen LogP contribution >= 0.6 is 0 Å². The number of hydrogen-bond donors (Lipinski definition) is 11. The lowest BCUT2D eigenvalue weighted by Crippen LogP contribution is -2.58. The number of nitrogens with one attached hydrogen (secondary N) is 10. The molecule has 3 heterocycles. The number of aromatic amines is 1. The second-order valence-corrected chi connectivity index (χ2v) is 22.3. The van der Waals surface area contributed by atoms with Gasteiger partial charge in [-0.05, 0) is 99.2 Å². The van der Waals surface area contributed by atoms with E-state index < -0.39 is 78.2 Å². The molecule has 476 valence electrons. The third-order valence-electron chi connectivity index (χ3n) is 15.5. The number of hydrogen-bond acceptors (Lipinski definition) is 14. The number of carbonyl (C=O) groups is 10. The smallest absolute Gasteiger partial charge is 0.308 e. The Morgan fingerprint density at radius 3 is 2.15 bits per heavy atom. The molecule has 0 unspecified atom stereocenters. The molecule has 1 aromatic heterocycles. The van der Waals surface area contributed by atoms with E-state index in [1.54, 1.807) is 73.2 Å². The number of ether oxygens (including phenoxy) is 1. The molecule has 0 bridgehead atoms. The molecular weight excluding hydrogens is 1130 g/mol. The molecule has 0 saturated carbocycles. The van der Waals surface area contributed by atoms with Crippen LogP contribution in [0.1, 0.15) is 125 Å². The van der Waals surface area contributed by atoms with Gasteiger partial charge in [0.2, 0.25) is 47.3 Å². The number of fused-ring (bicyclic) bond motifs is 2. The minimum Gasteiger partial charge on any atom is -0.469 e. The van der Waals surface area contributed by atoms with Crippen molar-refractivity contribution in [1.82, 2.24) is 62.3 Å². The Morgan fingerprint density at radius 2 is 1.41 bits per heavy atom. The van der Waals surface area contributed by atoms with Gasteiger partial charge in [0.1, 0.15) is 36.0 Å². The Labute approximate surface area is 513 Å². The van der Waals surface area contributed by atoms with Gasteiger partial charge in [0.05, 0.1) is 37.7 Å². The zero-order valence-electron chi connectivity index (χ0n) is 51.1. The second-order valence-electron chi connectivity index (χ2n) is 22.3. The topological polar surface area (TPSA) is 362 Å². The third kappa shape index (κ3) is 21.4. The van der Waals surface area contributed by atoms with Crippen molar-refractivity contribution < 1.29 is 52.7 Å². The van der Waals surface area contributed by atoms with E-state index >= 15 is 0 Å². The van der Waals surface area contributed by atoms with Gasteiger partial charge in [0, 0.05) is 76.8 Å². The van der Waals surface area contributed by atoms with Gasteiger partial charge in [-0.2, -0.15) is 0 Å². The highest BCUT2D eigenvalue weighted by molar-refractivity contribution is 5.98. The first-order valence-corrected chi connectivity index (χ1v) is 30.3. The van der Waals surface area contributed by atoms with E-state index in [-0.39, 0.29) is 87.7 Å². The molecule has 0 spiro atoms. The minimum absolute atomic E-state index is 0.0774. The van der Waals surface area contributed by atoms with Crippen LogP contribution in [0.25, 0.3) is 11.0 Å². The highest BCUT2D eigenvalue weighted by Crippen LogP contribution is 2.27. The van der Waals surface area contributed by atoms with Crippen molar-refractivity contribution in [3.8, 4) is 0 Å². The third-order valence-corrected chi connectivity index (χ3v) is 15.5. The summed E-state index contributed by atoms with van der Waals surface area (Å²) in [6.45, 7) is 4.86. The number of aromatic nitrogens is 2. The summed E-state index contributed by atoms with van der Waals surface area (Å²) < 4.78 is 4.90. The SMILES string of the molecule is CC[C@@H]1NC(=O)CNC(=O)[C@H](CCCNC(N)=NC)NC(=O)[C@H](CCCCNC(=O)CC[C@@H](C)C(=O)NCCCCCCN2Cc3cc(C(=O)N(C)Cc4nc5ccccc5[nH]4)ccc3N[C@@H](CC(=O)OC)C2=O)NC(=O)[C@H](Cc2ccccc2)NC1=O. The number of aliphatic imine (C=N–C) groups is 1. The van der Waals surface area contributed by atoms with Gasteiger partial charge in [-0.1, -0.05) is 69.2 Å². The lowest BCUT2D eigenvalue weighted by Gasteiger charge is -2.26. The lowest BCUT2D eigenvalue weighted by atomic mass is 10.0. The van der Waals surface area contributed by atoms with Crippen LogP contribution in [0.3, 0.4) is 0 Å². The van der Waals surface area contributed by atoms with E-state index in [2.05, 4.69) is 62.8 Å². The van der Waals surface area contributed by atoms with Crippen molar-refractivity contribution in [2.75, 3.05) is 59.2 Å². The molecule has 2 aliphatic rings. The highest BCUT2D eigenvalue weighted by Gasteiger charge is 2.34. The molecular formula is C62H87N15O11. The fourth-order valence-electron chi connectivity index (χ4n) is 10.3. The number of para-hydroxylation sites is 2. The zero-order valence-corrected chi connectivity index (χ0v) is 51.1. The van der Waals surface area contributed by atoms with Crippen molar-refractivity contribution in [2.45, 2.75) is 147 Å². The average Bonchev–Trinajstić information content (AvgIpc) is 2.41. The zero-order chi connectivity index (χ0) is 63.5. The predicted molar refractivity (Wildman–Crippen MR) is 330 cm³/mol. The Kier molecular flexibility index (Phi) is 27.0. The van der Waals surface area contributed by atoms with E-state index in [4.69, 9.17) is 10.5 Å². The molecule has 3 aromatic carbocycles. The van der Waals surface area contributed by atoms with Gasteiger partial charge in [-0.15, -0.1) is 0 Å². The first-order valence-electron chi connectivity index (χ1n) is 30.3. The molecule has 9 amide bonds. The summed E-state index contributed by atoms with van der Waals surface area (Å²) in [7, 11) is 4.49. The largest absolute Gasteiger partial charge is 0.469 e. The molecule has 4 aromatic rings. The maximum atomic E-state index is 14.1. The van der Waals surface area contributed by atoms with Crippen molar-refractivity contribution in [3.63, 3.8) is 0 Å². The van der Waals surface area contributed by atoms with E-state index in [0.717, 1.165) is 35.0 Å². The number of carbonyl (C=O) groups excluding carboxylic acids is 10. The normalized spacial score (nSPS) is 18.9. The number of guanidine groups is 1. The van der Waals surface area contributed by atoms with E-state index in [9.17, 15) is 47.9 Å². The van der Waals surface area contributed by atoms with Crippen LogP contribution in [0.15, 0.2) is 77.8 Å². The Balaban J connectivity index is 0.942. The Bertz CT molecular complexity index is 3050. The number of esters is 1. The average molecular weight is 1220 g/mol. The van der Waals surface area contributed by atoms with Gasteiger partial charge in [0.15, 0.2) is 5.96 Å². The van der Waals surface area contributed by atoms with Crippen LogP contribution in [-0.2, 0) is 67.4 Å². The van der Waals surface area contributed by atoms with E-state index in [1.807, 2.05) is 30.3 Å². The van der Waals surface area contributed by atoms with Crippen molar-refractivity contribution in [2.24, 2.45) is 16.6 Å². The number of methoxy groups -OCH3 is 1. The monoisotopic (exact) mass is 1220 g/mol. The maximum absolute atomic E-state index is 14.1. The molecule has 88 heavy (non-hydrogen) atoms. The van der Waals surface area contributed by atoms with Crippen molar-refractivity contribution in [1.29, 1.82) is 0 Å². The van der Waals surface area contributed by atoms with Gasteiger partial charge in [-0.25, -0.2) is 4.98 Å². The molecule has 1 fully saturated rings. The first kappa shape index (κ1) is 68.0. The summed E-state index contributed by atoms with van der Waals surface area (Å²) in [5.74, 6) is -4.27. The summed E-state index contributed by atoms with van der Waals surface area (Å²) >= 11 is 0. The summed E-state index contributed by atoms with van der Waals surface area (Å²) in [6.07, 6.45) is 4.72. The van der Waals surface area contributed by atoms with E-state index in [0.29, 0.717) is 75.2 Å². The van der Waals surface area contributed by atoms with E-state index in [1.165, 1.54) is 14.2 Å². The molecule has 1 saturated heterocycles. The number of nitrogens with two attached hydrogens (primary N) is 1. The van der Waals surface area contributed by atoms with Crippen LogP contribution < -0.4 is 53.6 Å². The van der Waals surface area contributed by atoms with Gasteiger partial charge in [0.25, 0.3) is 5.91 Å². The van der Waals surface area contributed by atoms with Gasteiger partial charge < -0.3 is 73.1 Å². The highest BCUT2D eigenvalue weighted by atomic mass is 16.5. The molecule has 0 radical (unpaired) electrons. The van der Waals surface area contributed by atoms with Crippen LogP contribution in [0, 0.1) is 5.92 Å². The standard InChI is InChI=1S/C62H87N15O11/c1-6-43-57(83)75-49(33-40-19-10-9-11-20-40)59(85)74-48(58(84)73-47(24-18-31-67-62(63)64-3)56(82)68-36-53(79)72-43)23-14-16-29-65-52(78)28-25-39(2)55(81)66-30-15-7-8-17-32-77-37-42-34-41(26-27-44(42)69-50(61(77)87)35-54(80)88-5)60(86)76(4)38-51-70-45-21-12-13-22-46(45)71-51/h9-13,19-22,26-27,34,39,43,47-50,69H,6-8,14-18,23-25,28-33,35-38H2,1-5H3,(H,65,78)(H,66,81)(H,68,82)(H,70,71)(H,72,79)(H,73,84)(H,74,85)(H,75,83)(H3,63,64,67)/t39-,43+,47+,48+,49+,50+/m1/s1. The van der Waals surface area contributed by atoms with Crippen LogP contribution in [-0.4, -0.2) is 169 Å². The summed E-state index contributed by atoms with van der Waals surface area (Å²) in [4.78, 5) is 149. The van der Waals surface area contributed by atoms with Gasteiger partial charge >= 0.3 is 5.97 Å². The van der Waals surface area contributed by atoms with Gasteiger partial charge in [-0.3, -0.25) is 52.9 Å². The number of anilines is 1.